The summed E-state index contributed by atoms with van der Waals surface area (Å²) in [5.41, 5.74) is 3.44. The molecule has 1 N–H and O–H groups in total. The number of aliphatic hydroxyl groups excluding tert-OH is 1. The molecular weight excluding hydrogens is 282 g/mol. The van der Waals surface area contributed by atoms with E-state index in [1.54, 1.807) is 0 Å². The SMILES string of the molecule is CCC1CCCCN1CC(O)c1ccc(-c2ccccc2)cc1. The Labute approximate surface area is 139 Å². The minimum Gasteiger partial charge on any atom is -0.387 e. The molecule has 2 heteroatoms. The quantitative estimate of drug-likeness (QED) is 0.869. The Hall–Kier alpha value is -1.64. The van der Waals surface area contributed by atoms with Crippen LogP contribution in [-0.2, 0) is 0 Å². The van der Waals surface area contributed by atoms with E-state index in [2.05, 4.69) is 60.4 Å². The van der Waals surface area contributed by atoms with Gasteiger partial charge in [0.25, 0.3) is 0 Å². The van der Waals surface area contributed by atoms with Crippen molar-refractivity contribution in [2.45, 2.75) is 44.8 Å². The summed E-state index contributed by atoms with van der Waals surface area (Å²) in [7, 11) is 0. The summed E-state index contributed by atoms with van der Waals surface area (Å²) in [5, 5.41) is 10.6. The van der Waals surface area contributed by atoms with Crippen molar-refractivity contribution < 1.29 is 5.11 Å². The summed E-state index contributed by atoms with van der Waals surface area (Å²) in [5.74, 6) is 0. The zero-order valence-electron chi connectivity index (χ0n) is 14.0. The zero-order valence-corrected chi connectivity index (χ0v) is 14.0. The highest BCUT2D eigenvalue weighted by Crippen LogP contribution is 2.25. The van der Waals surface area contributed by atoms with Gasteiger partial charge < -0.3 is 5.11 Å². The van der Waals surface area contributed by atoms with Crippen LogP contribution in [0.2, 0.25) is 0 Å². The van der Waals surface area contributed by atoms with Crippen LogP contribution in [0.1, 0.15) is 44.3 Å². The highest BCUT2D eigenvalue weighted by atomic mass is 16.3. The third kappa shape index (κ3) is 4.01. The summed E-state index contributed by atoms with van der Waals surface area (Å²) in [6, 6.07) is 19.4. The van der Waals surface area contributed by atoms with Crippen molar-refractivity contribution in [2.24, 2.45) is 0 Å². The van der Waals surface area contributed by atoms with Crippen molar-refractivity contribution in [3.05, 3.63) is 60.2 Å². The van der Waals surface area contributed by atoms with Crippen LogP contribution < -0.4 is 0 Å². The monoisotopic (exact) mass is 309 g/mol. The zero-order chi connectivity index (χ0) is 16.1. The molecule has 122 valence electrons. The second kappa shape index (κ2) is 7.76. The Bertz CT molecular complexity index is 593. The van der Waals surface area contributed by atoms with E-state index in [0.717, 1.165) is 18.7 Å². The van der Waals surface area contributed by atoms with E-state index in [0.29, 0.717) is 6.04 Å². The van der Waals surface area contributed by atoms with E-state index < -0.39 is 6.10 Å². The number of aliphatic hydroxyl groups is 1. The van der Waals surface area contributed by atoms with Crippen molar-refractivity contribution in [3.8, 4) is 11.1 Å². The molecule has 1 aliphatic heterocycles. The van der Waals surface area contributed by atoms with Gasteiger partial charge in [0.1, 0.15) is 0 Å². The molecular formula is C21H27NO. The maximum absolute atomic E-state index is 10.6. The molecule has 0 saturated carbocycles. The number of rotatable bonds is 5. The Morgan fingerprint density at radius 3 is 2.39 bits per heavy atom. The first-order valence-electron chi connectivity index (χ1n) is 8.85. The van der Waals surface area contributed by atoms with Crippen molar-refractivity contribution in [3.63, 3.8) is 0 Å². The van der Waals surface area contributed by atoms with Crippen molar-refractivity contribution >= 4 is 0 Å². The molecule has 2 nitrogen and oxygen atoms in total. The predicted molar refractivity (Wildman–Crippen MR) is 96.3 cm³/mol. The lowest BCUT2D eigenvalue weighted by Gasteiger charge is -2.36. The second-order valence-electron chi connectivity index (χ2n) is 6.56. The molecule has 1 aliphatic rings. The summed E-state index contributed by atoms with van der Waals surface area (Å²) >= 11 is 0. The molecule has 0 aromatic heterocycles. The van der Waals surface area contributed by atoms with Crippen LogP contribution in [0.3, 0.4) is 0 Å². The molecule has 1 fully saturated rings. The molecule has 1 saturated heterocycles. The van der Waals surface area contributed by atoms with Gasteiger partial charge in [0, 0.05) is 12.6 Å². The van der Waals surface area contributed by atoms with Gasteiger partial charge in [0.05, 0.1) is 6.10 Å². The lowest BCUT2D eigenvalue weighted by atomic mass is 9.98. The van der Waals surface area contributed by atoms with Gasteiger partial charge in [-0.05, 0) is 42.5 Å². The van der Waals surface area contributed by atoms with E-state index in [1.165, 1.54) is 36.8 Å². The highest BCUT2D eigenvalue weighted by molar-refractivity contribution is 5.63. The molecule has 0 aliphatic carbocycles. The van der Waals surface area contributed by atoms with Crippen LogP contribution in [0, 0.1) is 0 Å². The third-order valence-electron chi connectivity index (χ3n) is 5.03. The summed E-state index contributed by atoms with van der Waals surface area (Å²) in [4.78, 5) is 2.47. The molecule has 23 heavy (non-hydrogen) atoms. The highest BCUT2D eigenvalue weighted by Gasteiger charge is 2.23. The fourth-order valence-corrected chi connectivity index (χ4v) is 3.62. The van der Waals surface area contributed by atoms with Gasteiger partial charge in [0.2, 0.25) is 0 Å². The van der Waals surface area contributed by atoms with Gasteiger partial charge in [-0.3, -0.25) is 4.90 Å². The van der Waals surface area contributed by atoms with Gasteiger partial charge in [-0.1, -0.05) is 67.9 Å². The topological polar surface area (TPSA) is 23.5 Å². The normalized spacial score (nSPS) is 20.3. The van der Waals surface area contributed by atoms with Gasteiger partial charge in [-0.2, -0.15) is 0 Å². The number of benzene rings is 2. The Kier molecular flexibility index (Phi) is 5.47. The predicted octanol–water partition coefficient (Wildman–Crippen LogP) is 4.65. The molecule has 0 bridgehead atoms. The van der Waals surface area contributed by atoms with Gasteiger partial charge in [-0.15, -0.1) is 0 Å². The maximum Gasteiger partial charge on any atom is 0.0917 e. The molecule has 0 amide bonds. The van der Waals surface area contributed by atoms with Gasteiger partial charge in [0.15, 0.2) is 0 Å². The number of likely N-dealkylation sites (tertiary alicyclic amines) is 1. The summed E-state index contributed by atoms with van der Waals surface area (Å²) in [6.45, 7) is 4.13. The first-order valence-corrected chi connectivity index (χ1v) is 8.85. The van der Waals surface area contributed by atoms with Crippen LogP contribution in [0.25, 0.3) is 11.1 Å². The summed E-state index contributed by atoms with van der Waals surface area (Å²) < 4.78 is 0. The lowest BCUT2D eigenvalue weighted by Crippen LogP contribution is -2.41. The average Bonchev–Trinajstić information content (AvgIpc) is 2.63. The number of hydrogen-bond acceptors (Lipinski definition) is 2. The number of hydrogen-bond donors (Lipinski definition) is 1. The van der Waals surface area contributed by atoms with Crippen molar-refractivity contribution in [2.75, 3.05) is 13.1 Å². The average molecular weight is 309 g/mol. The second-order valence-corrected chi connectivity index (χ2v) is 6.56. The van der Waals surface area contributed by atoms with Crippen molar-refractivity contribution in [1.82, 2.24) is 4.90 Å². The molecule has 0 spiro atoms. The first-order chi connectivity index (χ1) is 11.3. The molecule has 0 radical (unpaired) electrons. The first kappa shape index (κ1) is 16.2. The molecule has 2 unspecified atom stereocenters. The molecule has 1 heterocycles. The van der Waals surface area contributed by atoms with Crippen LogP contribution in [0.4, 0.5) is 0 Å². The minimum atomic E-state index is -0.396. The van der Waals surface area contributed by atoms with Crippen LogP contribution in [-0.4, -0.2) is 29.1 Å². The molecule has 2 aromatic carbocycles. The lowest BCUT2D eigenvalue weighted by molar-refractivity contribution is 0.0656. The van der Waals surface area contributed by atoms with Gasteiger partial charge in [-0.25, -0.2) is 0 Å². The fourth-order valence-electron chi connectivity index (χ4n) is 3.62. The van der Waals surface area contributed by atoms with Crippen LogP contribution in [0.5, 0.6) is 0 Å². The van der Waals surface area contributed by atoms with E-state index in [1.807, 2.05) is 6.07 Å². The smallest absolute Gasteiger partial charge is 0.0917 e. The number of β-amino-alcohol motifs (C(OH)–C–C–N with tert-alkyl or cyclic N) is 1. The Morgan fingerprint density at radius 2 is 1.70 bits per heavy atom. The van der Waals surface area contributed by atoms with Gasteiger partial charge >= 0.3 is 0 Å². The molecule has 2 atom stereocenters. The van der Waals surface area contributed by atoms with Crippen LogP contribution in [0.15, 0.2) is 54.6 Å². The van der Waals surface area contributed by atoms with E-state index >= 15 is 0 Å². The fraction of sp³-hybridized carbons (Fsp3) is 0.429. The number of piperidine rings is 1. The van der Waals surface area contributed by atoms with Crippen LogP contribution >= 0.6 is 0 Å². The Balaban J connectivity index is 1.67. The minimum absolute atomic E-state index is 0.396. The molecule has 2 aromatic rings. The standard InChI is InChI=1S/C21H27NO/c1-2-20-10-6-7-15-22(20)16-21(23)19-13-11-18(12-14-19)17-8-4-3-5-9-17/h3-5,8-9,11-14,20-21,23H,2,6-7,10,15-16H2,1H3. The number of nitrogens with zero attached hydrogens (tertiary/aromatic N) is 1. The molecule has 3 rings (SSSR count). The Morgan fingerprint density at radius 1 is 1.00 bits per heavy atom. The third-order valence-corrected chi connectivity index (χ3v) is 5.03. The summed E-state index contributed by atoms with van der Waals surface area (Å²) in [6.07, 6.45) is 4.65. The largest absolute Gasteiger partial charge is 0.387 e. The van der Waals surface area contributed by atoms with Crippen molar-refractivity contribution in [1.29, 1.82) is 0 Å². The maximum atomic E-state index is 10.6. The van der Waals surface area contributed by atoms with E-state index in [4.69, 9.17) is 0 Å². The van der Waals surface area contributed by atoms with E-state index in [9.17, 15) is 5.11 Å². The van der Waals surface area contributed by atoms with E-state index in [-0.39, 0.29) is 0 Å².